The molecule has 2 aromatic carbocycles. The molecule has 6 atom stereocenters. The highest BCUT2D eigenvalue weighted by atomic mass is 16.7. The van der Waals surface area contributed by atoms with E-state index >= 15 is 0 Å². The summed E-state index contributed by atoms with van der Waals surface area (Å²) in [5, 5.41) is 10.9. The van der Waals surface area contributed by atoms with Crippen LogP contribution in [0.1, 0.15) is 24.3 Å². The van der Waals surface area contributed by atoms with E-state index in [9.17, 15) is 5.11 Å². The molecule has 0 spiro atoms. The van der Waals surface area contributed by atoms with Gasteiger partial charge in [0.15, 0.2) is 24.1 Å². The summed E-state index contributed by atoms with van der Waals surface area (Å²) < 4.78 is 34.7. The number of hydrogen-bond acceptors (Lipinski definition) is 7. The number of aliphatic hydroxyl groups excluding tert-OH is 1. The van der Waals surface area contributed by atoms with Crippen molar-refractivity contribution in [2.45, 2.75) is 44.4 Å². The van der Waals surface area contributed by atoms with Crippen LogP contribution in [0.25, 0.3) is 0 Å². The number of ether oxygens (including phenoxy) is 6. The van der Waals surface area contributed by atoms with Crippen LogP contribution in [0, 0.1) is 5.92 Å². The normalized spacial score (nSPS) is 33.3. The average molecular weight is 400 g/mol. The number of fused-ring (bicyclic) bond motifs is 2. The van der Waals surface area contributed by atoms with Gasteiger partial charge in [0, 0.05) is 11.5 Å². The minimum absolute atomic E-state index is 0.238. The van der Waals surface area contributed by atoms with Gasteiger partial charge in [-0.3, -0.25) is 0 Å². The first-order valence-electron chi connectivity index (χ1n) is 9.85. The van der Waals surface area contributed by atoms with Gasteiger partial charge in [-0.05, 0) is 17.7 Å². The van der Waals surface area contributed by atoms with Crippen LogP contribution in [0.3, 0.4) is 0 Å². The van der Waals surface area contributed by atoms with Gasteiger partial charge in [0.1, 0.15) is 12.2 Å². The Morgan fingerprint density at radius 2 is 1.86 bits per heavy atom. The highest BCUT2D eigenvalue weighted by Crippen LogP contribution is 2.37. The summed E-state index contributed by atoms with van der Waals surface area (Å²) in [5.41, 5.74) is 1.87. The van der Waals surface area contributed by atoms with E-state index in [0.29, 0.717) is 19.0 Å². The van der Waals surface area contributed by atoms with Crippen LogP contribution in [-0.4, -0.2) is 43.1 Å². The molecule has 0 radical (unpaired) electrons. The second-order valence-electron chi connectivity index (χ2n) is 7.57. The monoisotopic (exact) mass is 400 g/mol. The predicted molar refractivity (Wildman–Crippen MR) is 101 cm³/mol. The lowest BCUT2D eigenvalue weighted by atomic mass is 9.91. The molecule has 3 heterocycles. The Bertz CT molecular complexity index is 840. The lowest BCUT2D eigenvalue weighted by Crippen LogP contribution is -2.59. The summed E-state index contributed by atoms with van der Waals surface area (Å²) in [5.74, 6) is 1.20. The predicted octanol–water partition coefficient (Wildman–Crippen LogP) is 2.77. The topological polar surface area (TPSA) is 75.6 Å². The molecule has 0 amide bonds. The molecule has 154 valence electrons. The molecule has 7 nitrogen and oxygen atoms in total. The minimum Gasteiger partial charge on any atom is -0.454 e. The van der Waals surface area contributed by atoms with Gasteiger partial charge < -0.3 is 33.5 Å². The molecule has 2 saturated heterocycles. The van der Waals surface area contributed by atoms with Crippen molar-refractivity contribution in [2.75, 3.05) is 13.4 Å². The van der Waals surface area contributed by atoms with Crippen molar-refractivity contribution < 1.29 is 33.5 Å². The second-order valence-corrected chi connectivity index (χ2v) is 7.57. The summed E-state index contributed by atoms with van der Waals surface area (Å²) in [6.07, 6.45) is -2.63. The van der Waals surface area contributed by atoms with Gasteiger partial charge in [0.05, 0.1) is 19.3 Å². The Hall–Kier alpha value is -2.16. The highest BCUT2D eigenvalue weighted by Gasteiger charge is 2.48. The molecule has 0 saturated carbocycles. The Balaban J connectivity index is 1.22. The summed E-state index contributed by atoms with van der Waals surface area (Å²) in [7, 11) is 0. The molecule has 7 heteroatoms. The first-order chi connectivity index (χ1) is 14.2. The molecular formula is C22H24O7. The molecule has 1 N–H and O–H groups in total. The summed E-state index contributed by atoms with van der Waals surface area (Å²) in [4.78, 5) is 0. The van der Waals surface area contributed by atoms with E-state index in [1.165, 1.54) is 0 Å². The highest BCUT2D eigenvalue weighted by molar-refractivity contribution is 5.44. The molecule has 0 aliphatic carbocycles. The Kier molecular flexibility index (Phi) is 5.15. The fourth-order valence-electron chi connectivity index (χ4n) is 3.91. The molecule has 3 aliphatic rings. The number of hydrogen-bond donors (Lipinski definition) is 1. The Morgan fingerprint density at radius 1 is 1.03 bits per heavy atom. The van der Waals surface area contributed by atoms with Gasteiger partial charge in [-0.2, -0.15) is 0 Å². The van der Waals surface area contributed by atoms with Crippen molar-refractivity contribution in [3.63, 3.8) is 0 Å². The molecule has 4 unspecified atom stereocenters. The van der Waals surface area contributed by atoms with Crippen LogP contribution in [0.2, 0.25) is 0 Å². The minimum atomic E-state index is -0.717. The van der Waals surface area contributed by atoms with Gasteiger partial charge in [0.25, 0.3) is 0 Å². The van der Waals surface area contributed by atoms with Crippen molar-refractivity contribution >= 4 is 0 Å². The van der Waals surface area contributed by atoms with Crippen LogP contribution in [-0.2, 0) is 25.6 Å². The Labute approximate surface area is 169 Å². The number of rotatable bonds is 4. The summed E-state index contributed by atoms with van der Waals surface area (Å²) in [6.45, 7) is 2.81. The lowest BCUT2D eigenvalue weighted by Gasteiger charge is -2.47. The molecule has 2 fully saturated rings. The average Bonchev–Trinajstić information content (AvgIpc) is 3.23. The zero-order chi connectivity index (χ0) is 19.8. The number of aliphatic hydroxyl groups is 1. The van der Waals surface area contributed by atoms with E-state index in [0.717, 1.165) is 16.9 Å². The van der Waals surface area contributed by atoms with E-state index in [2.05, 4.69) is 0 Å². The smallest absolute Gasteiger partial charge is 0.231 e. The van der Waals surface area contributed by atoms with E-state index in [1.54, 1.807) is 0 Å². The zero-order valence-electron chi connectivity index (χ0n) is 16.1. The molecule has 5 rings (SSSR count). The molecule has 2 aromatic rings. The van der Waals surface area contributed by atoms with Gasteiger partial charge >= 0.3 is 0 Å². The number of benzene rings is 2. The van der Waals surface area contributed by atoms with Crippen molar-refractivity contribution in [1.82, 2.24) is 0 Å². The van der Waals surface area contributed by atoms with Crippen LogP contribution in [0.5, 0.6) is 11.5 Å². The maximum absolute atomic E-state index is 10.9. The first kappa shape index (κ1) is 18.8. The fraction of sp³-hybridized carbons (Fsp3) is 0.455. The third-order valence-electron chi connectivity index (χ3n) is 5.60. The van der Waals surface area contributed by atoms with Crippen molar-refractivity contribution in [1.29, 1.82) is 0 Å². The van der Waals surface area contributed by atoms with Gasteiger partial charge in [-0.1, -0.05) is 43.3 Å². The fourth-order valence-corrected chi connectivity index (χ4v) is 3.91. The maximum Gasteiger partial charge on any atom is 0.231 e. The Morgan fingerprint density at radius 3 is 2.72 bits per heavy atom. The van der Waals surface area contributed by atoms with Crippen LogP contribution in [0.4, 0.5) is 0 Å². The summed E-state index contributed by atoms with van der Waals surface area (Å²) in [6, 6.07) is 15.4. The van der Waals surface area contributed by atoms with Crippen molar-refractivity contribution in [3.05, 3.63) is 59.7 Å². The first-order valence-corrected chi connectivity index (χ1v) is 9.85. The van der Waals surface area contributed by atoms with E-state index < -0.39 is 24.8 Å². The largest absolute Gasteiger partial charge is 0.454 e. The maximum atomic E-state index is 10.9. The van der Waals surface area contributed by atoms with E-state index in [-0.39, 0.29) is 18.8 Å². The van der Waals surface area contributed by atoms with Crippen LogP contribution >= 0.6 is 0 Å². The van der Waals surface area contributed by atoms with E-state index in [4.69, 9.17) is 28.4 Å². The van der Waals surface area contributed by atoms with Crippen molar-refractivity contribution in [3.8, 4) is 11.5 Å². The van der Waals surface area contributed by atoms with Gasteiger partial charge in [-0.15, -0.1) is 0 Å². The van der Waals surface area contributed by atoms with Gasteiger partial charge in [0.2, 0.25) is 6.79 Å². The third kappa shape index (κ3) is 3.72. The molecule has 3 aliphatic heterocycles. The standard InChI is InChI=1S/C22H24O7/c1-13-19(23)20-18(11-25-22(29-20)15-5-3-2-4-6-15)28-21(13)24-10-14-7-8-16-17(9-14)27-12-26-16/h2-9,13,18-23H,10-12H2,1H3/t13-,18?,19+,20?,21?,22?/m0/s1. The zero-order valence-corrected chi connectivity index (χ0v) is 16.1. The molecular weight excluding hydrogens is 376 g/mol. The molecule has 0 aromatic heterocycles. The SMILES string of the molecule is C[C@@H]1C(OCc2ccc3c(c2)OCO3)OC2COC(c3ccccc3)OC2[C@@H]1O. The summed E-state index contributed by atoms with van der Waals surface area (Å²) >= 11 is 0. The van der Waals surface area contributed by atoms with Crippen LogP contribution < -0.4 is 9.47 Å². The second kappa shape index (κ2) is 7.93. The van der Waals surface area contributed by atoms with E-state index in [1.807, 2.05) is 55.5 Å². The van der Waals surface area contributed by atoms with Gasteiger partial charge in [-0.25, -0.2) is 0 Å². The molecule has 0 bridgehead atoms. The molecule has 29 heavy (non-hydrogen) atoms. The lowest BCUT2D eigenvalue weighted by molar-refractivity contribution is -0.353. The quantitative estimate of drug-likeness (QED) is 0.846. The van der Waals surface area contributed by atoms with Crippen LogP contribution in [0.15, 0.2) is 48.5 Å². The van der Waals surface area contributed by atoms with Crippen molar-refractivity contribution in [2.24, 2.45) is 5.92 Å². The third-order valence-corrected chi connectivity index (χ3v) is 5.60.